The number of nitrogens with one attached hydrogen (secondary N) is 2. The molecule has 0 spiro atoms. The first-order valence-electron chi connectivity index (χ1n) is 9.57. The molecule has 0 amide bonds. The molecule has 3 N–H and O–H groups in total. The summed E-state index contributed by atoms with van der Waals surface area (Å²) in [7, 11) is 1.41. The molecule has 2 aromatic heterocycles. The minimum atomic E-state index is -4.39. The van der Waals surface area contributed by atoms with Crippen molar-refractivity contribution in [3.63, 3.8) is 0 Å². The third kappa shape index (κ3) is 3.58. The maximum atomic E-state index is 12.7. The number of aromatic nitrogens is 3. The van der Waals surface area contributed by atoms with Gasteiger partial charge in [-0.25, -0.2) is 0 Å². The molecule has 2 aliphatic rings. The van der Waals surface area contributed by atoms with Crippen molar-refractivity contribution in [3.05, 3.63) is 58.3 Å². The average Bonchev–Trinajstić information content (AvgIpc) is 3.21. The van der Waals surface area contributed by atoms with Crippen LogP contribution in [0.15, 0.2) is 47.2 Å². The molecule has 166 valence electrons. The lowest BCUT2D eigenvalue weighted by Gasteiger charge is -2.37. The largest absolute Gasteiger partial charge is 0.491 e. The lowest BCUT2D eigenvalue weighted by Crippen LogP contribution is -2.52. The predicted molar refractivity (Wildman–Crippen MR) is 107 cm³/mol. The van der Waals surface area contributed by atoms with Crippen LogP contribution in [0.5, 0.6) is 5.75 Å². The van der Waals surface area contributed by atoms with E-state index in [9.17, 15) is 23.1 Å². The summed E-state index contributed by atoms with van der Waals surface area (Å²) in [5.74, 6) is 0.165. The number of hydrogen-bond donors (Lipinski definition) is 3. The minimum Gasteiger partial charge on any atom is -0.491 e. The molecule has 0 radical (unpaired) electrons. The molecule has 8 nitrogen and oxygen atoms in total. The van der Waals surface area contributed by atoms with Crippen molar-refractivity contribution in [1.29, 1.82) is 0 Å². The number of allylic oxidation sites excluding steroid dienone is 2. The molecule has 11 heteroatoms. The molecule has 3 atom stereocenters. The second kappa shape index (κ2) is 7.19. The molecule has 3 unspecified atom stereocenters. The number of H-pyrrole nitrogens is 1. The monoisotopic (exact) mass is 437 g/mol. The molecule has 0 aliphatic carbocycles. The van der Waals surface area contributed by atoms with Crippen LogP contribution in [0.1, 0.15) is 19.4 Å². The van der Waals surface area contributed by atoms with E-state index in [1.165, 1.54) is 19.5 Å². The van der Waals surface area contributed by atoms with Crippen molar-refractivity contribution in [2.75, 3.05) is 12.0 Å². The predicted octanol–water partition coefficient (Wildman–Crippen LogP) is 2.00. The van der Waals surface area contributed by atoms with E-state index in [1.807, 2.05) is 13.8 Å². The fourth-order valence-corrected chi connectivity index (χ4v) is 4.14. The van der Waals surface area contributed by atoms with Gasteiger partial charge in [0.15, 0.2) is 12.0 Å². The van der Waals surface area contributed by atoms with E-state index in [1.54, 1.807) is 29.3 Å². The zero-order valence-electron chi connectivity index (χ0n) is 17.1. The van der Waals surface area contributed by atoms with Gasteiger partial charge in [-0.3, -0.25) is 9.48 Å². The van der Waals surface area contributed by atoms with Crippen LogP contribution in [0.2, 0.25) is 0 Å². The minimum absolute atomic E-state index is 0.165. The summed E-state index contributed by atoms with van der Waals surface area (Å²) in [5.41, 5.74) is 1.37. The number of alkyl halides is 3. The smallest absolute Gasteiger partial charge is 0.408 e. The van der Waals surface area contributed by atoms with Crippen LogP contribution in [-0.2, 0) is 6.54 Å². The summed E-state index contributed by atoms with van der Waals surface area (Å²) in [5, 5.41) is 18.2. The fourth-order valence-electron chi connectivity index (χ4n) is 4.14. The lowest BCUT2D eigenvalue weighted by atomic mass is 9.85. The average molecular weight is 437 g/mol. The molecular formula is C20H22F3N5O3. The van der Waals surface area contributed by atoms with Crippen LogP contribution < -0.4 is 20.5 Å². The first-order chi connectivity index (χ1) is 14.5. The van der Waals surface area contributed by atoms with Gasteiger partial charge in [0.25, 0.3) is 5.56 Å². The molecule has 31 heavy (non-hydrogen) atoms. The maximum absolute atomic E-state index is 12.7. The van der Waals surface area contributed by atoms with Gasteiger partial charge in [-0.2, -0.15) is 18.3 Å². The van der Waals surface area contributed by atoms with Gasteiger partial charge in [0.1, 0.15) is 6.54 Å². The number of dihydropyridines is 1. The Hall–Kier alpha value is -3.21. The maximum Gasteiger partial charge on any atom is 0.408 e. The lowest BCUT2D eigenvalue weighted by molar-refractivity contribution is -0.142. The number of halogens is 3. The number of fused-ring (bicyclic) bond motifs is 1. The number of ether oxygens (including phenoxy) is 1. The summed E-state index contributed by atoms with van der Waals surface area (Å²) in [4.78, 5) is 16.0. The summed E-state index contributed by atoms with van der Waals surface area (Å²) in [6.45, 7) is 2.57. The highest BCUT2D eigenvalue weighted by molar-refractivity contribution is 5.71. The van der Waals surface area contributed by atoms with E-state index in [0.717, 1.165) is 4.68 Å². The quantitative estimate of drug-likeness (QED) is 0.677. The zero-order chi connectivity index (χ0) is 22.6. The van der Waals surface area contributed by atoms with Crippen LogP contribution in [0.3, 0.4) is 0 Å². The molecule has 4 rings (SSSR count). The normalized spacial score (nSPS) is 25.6. The van der Waals surface area contributed by atoms with Gasteiger partial charge in [-0.15, -0.1) is 0 Å². The molecule has 0 aromatic carbocycles. The second-order valence-electron chi connectivity index (χ2n) is 7.78. The van der Waals surface area contributed by atoms with Crippen LogP contribution >= 0.6 is 0 Å². The third-order valence-electron chi connectivity index (χ3n) is 5.88. The van der Waals surface area contributed by atoms with E-state index >= 15 is 0 Å². The SMILES string of the molecule is COc1cc(C2=CC=C3C(O)N(c4cnn(CC(F)(F)F)c4)C(C)C3(C)N2)c[nH]c1=O. The van der Waals surface area contributed by atoms with Crippen molar-refractivity contribution in [2.45, 2.75) is 44.4 Å². The van der Waals surface area contributed by atoms with Crippen molar-refractivity contribution < 1.29 is 23.0 Å². The van der Waals surface area contributed by atoms with Crippen molar-refractivity contribution in [3.8, 4) is 5.75 Å². The van der Waals surface area contributed by atoms with Crippen molar-refractivity contribution >= 4 is 11.4 Å². The van der Waals surface area contributed by atoms with Gasteiger partial charge in [0, 0.05) is 29.2 Å². The Labute approximate surface area is 175 Å². The van der Waals surface area contributed by atoms with E-state index in [-0.39, 0.29) is 17.4 Å². The number of aliphatic hydroxyl groups is 1. The molecule has 0 bridgehead atoms. The number of methoxy groups -OCH3 is 1. The van der Waals surface area contributed by atoms with E-state index in [4.69, 9.17) is 4.74 Å². The van der Waals surface area contributed by atoms with Crippen LogP contribution in [-0.4, -0.2) is 51.0 Å². The fraction of sp³-hybridized carbons (Fsp3) is 0.400. The van der Waals surface area contributed by atoms with Gasteiger partial charge in [0.2, 0.25) is 0 Å². The van der Waals surface area contributed by atoms with Crippen molar-refractivity contribution in [2.24, 2.45) is 0 Å². The summed E-state index contributed by atoms with van der Waals surface area (Å²) in [6.07, 6.45) is 2.27. The highest BCUT2D eigenvalue weighted by Gasteiger charge is 2.52. The Morgan fingerprint density at radius 3 is 2.77 bits per heavy atom. The molecule has 1 saturated heterocycles. The number of hydrogen-bond acceptors (Lipinski definition) is 6. The second-order valence-corrected chi connectivity index (χ2v) is 7.78. The highest BCUT2D eigenvalue weighted by atomic mass is 19.4. The number of aliphatic hydroxyl groups excluding tert-OH is 1. The van der Waals surface area contributed by atoms with E-state index in [0.29, 0.717) is 22.5 Å². The Kier molecular flexibility index (Phi) is 4.88. The third-order valence-corrected chi connectivity index (χ3v) is 5.88. The standard InChI is InChI=1S/C20H22F3N5O3/c1-11-19(2)14(4-5-15(26-19)12-6-16(31-3)17(29)24-7-12)18(30)28(11)13-8-25-27(9-13)10-20(21,22)23/h4-9,11,18,26,30H,10H2,1-3H3,(H,24,29). The molecule has 2 aliphatic heterocycles. The Balaban J connectivity index is 1.63. The van der Waals surface area contributed by atoms with Crippen LogP contribution in [0.4, 0.5) is 18.9 Å². The van der Waals surface area contributed by atoms with Gasteiger partial charge >= 0.3 is 6.18 Å². The van der Waals surface area contributed by atoms with E-state index in [2.05, 4.69) is 15.4 Å². The Morgan fingerprint density at radius 2 is 2.10 bits per heavy atom. The van der Waals surface area contributed by atoms with Gasteiger partial charge in [0.05, 0.1) is 30.6 Å². The first-order valence-corrected chi connectivity index (χ1v) is 9.57. The number of rotatable bonds is 4. The summed E-state index contributed by atoms with van der Waals surface area (Å²) >= 11 is 0. The topological polar surface area (TPSA) is 95.4 Å². The molecule has 2 aromatic rings. The van der Waals surface area contributed by atoms with Gasteiger partial charge < -0.3 is 25.0 Å². The molecule has 4 heterocycles. The summed E-state index contributed by atoms with van der Waals surface area (Å²) in [6, 6.07) is 1.28. The molecule has 1 fully saturated rings. The van der Waals surface area contributed by atoms with Crippen molar-refractivity contribution in [1.82, 2.24) is 20.1 Å². The first kappa shape index (κ1) is 21.0. The highest BCUT2D eigenvalue weighted by Crippen LogP contribution is 2.43. The number of aromatic amines is 1. The van der Waals surface area contributed by atoms with E-state index < -0.39 is 24.5 Å². The van der Waals surface area contributed by atoms with Crippen LogP contribution in [0, 0.1) is 0 Å². The molecular weight excluding hydrogens is 415 g/mol. The number of pyridine rings is 1. The van der Waals surface area contributed by atoms with Crippen LogP contribution in [0.25, 0.3) is 5.70 Å². The Bertz CT molecular complexity index is 1120. The molecule has 0 saturated carbocycles. The van der Waals surface area contributed by atoms with Gasteiger partial charge in [-0.1, -0.05) is 6.08 Å². The number of nitrogens with zero attached hydrogens (tertiary/aromatic N) is 3. The summed E-state index contributed by atoms with van der Waals surface area (Å²) < 4.78 is 43.9. The van der Waals surface area contributed by atoms with Gasteiger partial charge in [-0.05, 0) is 26.0 Å². The zero-order valence-corrected chi connectivity index (χ0v) is 17.1. The Morgan fingerprint density at radius 1 is 1.35 bits per heavy atom. The number of anilines is 1.